The van der Waals surface area contributed by atoms with Crippen molar-refractivity contribution >= 4 is 11.4 Å². The van der Waals surface area contributed by atoms with Gasteiger partial charge in [-0.15, -0.1) is 0 Å². The lowest BCUT2D eigenvalue weighted by atomic mass is 10.2. The van der Waals surface area contributed by atoms with E-state index in [1.807, 2.05) is 0 Å². The topological polar surface area (TPSA) is 91.9 Å². The molecule has 14 heavy (non-hydrogen) atoms. The molecule has 7 heteroatoms. The van der Waals surface area contributed by atoms with Crippen molar-refractivity contribution < 1.29 is 9.31 Å². The number of benzene rings is 1. The van der Waals surface area contributed by atoms with Gasteiger partial charge in [-0.25, -0.2) is 4.39 Å². The maximum absolute atomic E-state index is 13.1. The molecule has 0 saturated heterocycles. The third-order valence-corrected chi connectivity index (χ3v) is 1.59. The van der Waals surface area contributed by atoms with E-state index in [0.717, 1.165) is 12.1 Å². The molecule has 0 aliphatic heterocycles. The molecule has 1 aromatic rings. The van der Waals surface area contributed by atoms with Gasteiger partial charge in [-0.05, 0) is 18.0 Å². The van der Waals surface area contributed by atoms with E-state index in [1.54, 1.807) is 0 Å². The van der Waals surface area contributed by atoms with Gasteiger partial charge in [0.15, 0.2) is 0 Å². The molecule has 0 atom stereocenters. The van der Waals surface area contributed by atoms with Crippen LogP contribution in [0.2, 0.25) is 0 Å². The van der Waals surface area contributed by atoms with Crippen LogP contribution in [0.5, 0.6) is 0 Å². The Balaban J connectivity index is 3.39. The lowest BCUT2D eigenvalue weighted by Crippen LogP contribution is -1.90. The van der Waals surface area contributed by atoms with E-state index in [-0.39, 0.29) is 16.9 Å². The van der Waals surface area contributed by atoms with Gasteiger partial charge in [0.05, 0.1) is 16.7 Å². The summed E-state index contributed by atoms with van der Waals surface area (Å²) < 4.78 is 13.1. The SMILES string of the molecule is Cc1cc([N+](=O)[O-])cc(F)c1N=[N+]=[N-]. The Morgan fingerprint density at radius 3 is 2.71 bits per heavy atom. The van der Waals surface area contributed by atoms with Crippen LogP contribution in [0.15, 0.2) is 17.2 Å². The third kappa shape index (κ3) is 1.78. The summed E-state index contributed by atoms with van der Waals surface area (Å²) in [6.45, 7) is 1.43. The molecule has 0 saturated carbocycles. The first-order valence-electron chi connectivity index (χ1n) is 3.56. The second-order valence-electron chi connectivity index (χ2n) is 2.54. The highest BCUT2D eigenvalue weighted by Crippen LogP contribution is 2.27. The molecule has 0 aromatic heterocycles. The number of hydrogen-bond donors (Lipinski definition) is 0. The van der Waals surface area contributed by atoms with Gasteiger partial charge in [0, 0.05) is 11.0 Å². The van der Waals surface area contributed by atoms with Gasteiger partial charge >= 0.3 is 0 Å². The van der Waals surface area contributed by atoms with E-state index in [9.17, 15) is 14.5 Å². The standard InChI is InChI=1S/C7H5FN4O2/c1-4-2-5(12(13)14)3-6(8)7(4)10-11-9/h2-3H,1H3. The van der Waals surface area contributed by atoms with Gasteiger partial charge in [-0.1, -0.05) is 5.11 Å². The third-order valence-electron chi connectivity index (χ3n) is 1.59. The molecular formula is C7H5FN4O2. The van der Waals surface area contributed by atoms with Crippen LogP contribution in [0, 0.1) is 22.9 Å². The first-order chi connectivity index (χ1) is 6.56. The molecule has 0 amide bonds. The fraction of sp³-hybridized carbons (Fsp3) is 0.143. The lowest BCUT2D eigenvalue weighted by Gasteiger charge is -2.00. The highest BCUT2D eigenvalue weighted by atomic mass is 19.1. The van der Waals surface area contributed by atoms with Crippen molar-refractivity contribution in [2.75, 3.05) is 0 Å². The minimum Gasteiger partial charge on any atom is -0.258 e. The van der Waals surface area contributed by atoms with Crippen molar-refractivity contribution in [2.24, 2.45) is 5.11 Å². The van der Waals surface area contributed by atoms with Gasteiger partial charge in [-0.2, -0.15) is 0 Å². The van der Waals surface area contributed by atoms with Crippen molar-refractivity contribution in [2.45, 2.75) is 6.92 Å². The molecular weight excluding hydrogens is 191 g/mol. The van der Waals surface area contributed by atoms with E-state index < -0.39 is 10.7 Å². The first-order valence-corrected chi connectivity index (χ1v) is 3.56. The molecule has 0 fully saturated rings. The molecule has 6 nitrogen and oxygen atoms in total. The minimum absolute atomic E-state index is 0.210. The average Bonchev–Trinajstić information content (AvgIpc) is 2.10. The minimum atomic E-state index is -0.894. The van der Waals surface area contributed by atoms with Crippen molar-refractivity contribution in [3.05, 3.63) is 44.1 Å². The van der Waals surface area contributed by atoms with E-state index in [1.165, 1.54) is 6.92 Å². The van der Waals surface area contributed by atoms with E-state index in [2.05, 4.69) is 10.0 Å². The Morgan fingerprint density at radius 1 is 1.64 bits per heavy atom. The van der Waals surface area contributed by atoms with Crippen LogP contribution in [0.4, 0.5) is 15.8 Å². The molecule has 0 aliphatic rings. The van der Waals surface area contributed by atoms with Crippen LogP contribution < -0.4 is 0 Å². The summed E-state index contributed by atoms with van der Waals surface area (Å²) >= 11 is 0. The predicted octanol–water partition coefficient (Wildman–Crippen LogP) is 2.98. The Bertz CT molecular complexity index is 416. The van der Waals surface area contributed by atoms with Crippen LogP contribution in [-0.2, 0) is 0 Å². The molecule has 0 spiro atoms. The number of nitrogens with zero attached hydrogens (tertiary/aromatic N) is 4. The Labute approximate surface area is 77.7 Å². The maximum atomic E-state index is 13.1. The molecule has 1 aromatic carbocycles. The maximum Gasteiger partial charge on any atom is 0.272 e. The van der Waals surface area contributed by atoms with Gasteiger partial charge in [0.2, 0.25) is 0 Å². The van der Waals surface area contributed by atoms with Gasteiger partial charge in [-0.3, -0.25) is 10.1 Å². The van der Waals surface area contributed by atoms with Crippen molar-refractivity contribution in [3.63, 3.8) is 0 Å². The normalized spacial score (nSPS) is 9.29. The van der Waals surface area contributed by atoms with Crippen LogP contribution in [0.3, 0.4) is 0 Å². The molecule has 0 aliphatic carbocycles. The Morgan fingerprint density at radius 2 is 2.29 bits per heavy atom. The second-order valence-corrected chi connectivity index (χ2v) is 2.54. The highest BCUT2D eigenvalue weighted by molar-refractivity contribution is 5.52. The largest absolute Gasteiger partial charge is 0.272 e. The lowest BCUT2D eigenvalue weighted by molar-refractivity contribution is -0.385. The number of nitro benzene ring substituents is 1. The van der Waals surface area contributed by atoms with Crippen LogP contribution in [0.25, 0.3) is 10.4 Å². The highest BCUT2D eigenvalue weighted by Gasteiger charge is 2.12. The zero-order chi connectivity index (χ0) is 10.7. The molecule has 0 unspecified atom stereocenters. The predicted molar refractivity (Wildman–Crippen MR) is 46.6 cm³/mol. The average molecular weight is 196 g/mol. The van der Waals surface area contributed by atoms with Gasteiger partial charge in [0.25, 0.3) is 5.69 Å². The number of hydrogen-bond acceptors (Lipinski definition) is 3. The number of aryl methyl sites for hydroxylation is 1. The van der Waals surface area contributed by atoms with E-state index in [4.69, 9.17) is 5.53 Å². The summed E-state index contributed by atoms with van der Waals surface area (Å²) in [4.78, 5) is 12.0. The molecule has 0 N–H and O–H groups in total. The smallest absolute Gasteiger partial charge is 0.258 e. The number of azide groups is 1. The van der Waals surface area contributed by atoms with Gasteiger partial charge in [0.1, 0.15) is 5.82 Å². The Kier molecular flexibility index (Phi) is 2.64. The van der Waals surface area contributed by atoms with Crippen LogP contribution in [0.1, 0.15) is 5.56 Å². The van der Waals surface area contributed by atoms with Crippen molar-refractivity contribution in [3.8, 4) is 0 Å². The summed E-state index contributed by atoms with van der Waals surface area (Å²) in [7, 11) is 0. The fourth-order valence-electron chi connectivity index (χ4n) is 0.995. The molecule has 1 rings (SSSR count). The van der Waals surface area contributed by atoms with Gasteiger partial charge < -0.3 is 0 Å². The monoisotopic (exact) mass is 196 g/mol. The van der Waals surface area contributed by atoms with E-state index >= 15 is 0 Å². The second kappa shape index (κ2) is 3.71. The number of non-ortho nitro benzene ring substituents is 1. The molecule has 72 valence electrons. The number of halogens is 1. The van der Waals surface area contributed by atoms with Crippen molar-refractivity contribution in [1.82, 2.24) is 0 Å². The Hall–Kier alpha value is -2.14. The van der Waals surface area contributed by atoms with Crippen molar-refractivity contribution in [1.29, 1.82) is 0 Å². The summed E-state index contributed by atoms with van der Waals surface area (Å²) in [5, 5.41) is 13.4. The summed E-state index contributed by atoms with van der Waals surface area (Å²) in [6, 6.07) is 1.87. The molecule has 0 bridgehead atoms. The first kappa shape index (κ1) is 9.94. The number of nitro groups is 1. The molecule has 0 heterocycles. The summed E-state index contributed by atoms with van der Waals surface area (Å²) in [6.07, 6.45) is 0. The molecule has 0 radical (unpaired) electrons. The van der Waals surface area contributed by atoms with Crippen LogP contribution in [-0.4, -0.2) is 4.92 Å². The summed E-state index contributed by atoms with van der Waals surface area (Å²) in [5.74, 6) is -0.894. The fourth-order valence-corrected chi connectivity index (χ4v) is 0.995. The van der Waals surface area contributed by atoms with E-state index in [0.29, 0.717) is 0 Å². The quantitative estimate of drug-likeness (QED) is 0.239. The van der Waals surface area contributed by atoms with Crippen LogP contribution >= 0.6 is 0 Å². The summed E-state index contributed by atoms with van der Waals surface area (Å²) in [5.41, 5.74) is 7.76. The zero-order valence-electron chi connectivity index (χ0n) is 7.14. The number of rotatable bonds is 2. The zero-order valence-corrected chi connectivity index (χ0v) is 7.14.